The fourth-order valence-electron chi connectivity index (χ4n) is 2.32. The number of fused-ring (bicyclic) bond motifs is 1. The van der Waals surface area contributed by atoms with Gasteiger partial charge in [-0.2, -0.15) is 0 Å². The molecule has 2 rings (SSSR count). The van der Waals surface area contributed by atoms with Crippen LogP contribution in [-0.2, 0) is 11.2 Å². The van der Waals surface area contributed by atoms with Crippen LogP contribution in [0, 0.1) is 5.92 Å². The first-order valence-electron chi connectivity index (χ1n) is 5.12. The molecule has 0 heterocycles. The van der Waals surface area contributed by atoms with Gasteiger partial charge in [-0.15, -0.1) is 0 Å². The Labute approximate surface area is 88.4 Å². The summed E-state index contributed by atoms with van der Waals surface area (Å²) in [5.41, 5.74) is 2.14. The molecule has 1 aromatic rings. The average molecular weight is 206 g/mol. The van der Waals surface area contributed by atoms with Crippen LogP contribution in [0.1, 0.15) is 30.4 Å². The van der Waals surface area contributed by atoms with Crippen molar-refractivity contribution in [3.05, 3.63) is 29.3 Å². The molecule has 0 radical (unpaired) electrons. The molecule has 0 amide bonds. The molecule has 15 heavy (non-hydrogen) atoms. The first kappa shape index (κ1) is 10.0. The zero-order valence-corrected chi connectivity index (χ0v) is 8.60. The van der Waals surface area contributed by atoms with Gasteiger partial charge < -0.3 is 10.2 Å². The third-order valence-corrected chi connectivity index (χ3v) is 3.11. The predicted molar refractivity (Wildman–Crippen MR) is 56.0 cm³/mol. The highest BCUT2D eigenvalue weighted by Gasteiger charge is 2.28. The fraction of sp³-hybridized carbons (Fsp3) is 0.417. The first-order chi connectivity index (χ1) is 7.08. The molecule has 1 aliphatic carbocycles. The Balaban J connectivity index is 2.36. The van der Waals surface area contributed by atoms with Crippen LogP contribution in [0.2, 0.25) is 0 Å². The Morgan fingerprint density at radius 1 is 1.47 bits per heavy atom. The van der Waals surface area contributed by atoms with Crippen molar-refractivity contribution in [2.75, 3.05) is 0 Å². The summed E-state index contributed by atoms with van der Waals surface area (Å²) in [5, 5.41) is 18.4. The molecule has 1 aliphatic rings. The van der Waals surface area contributed by atoms with E-state index in [2.05, 4.69) is 0 Å². The lowest BCUT2D eigenvalue weighted by atomic mass is 9.78. The summed E-state index contributed by atoms with van der Waals surface area (Å²) in [5.74, 6) is -0.533. The predicted octanol–water partition coefficient (Wildman–Crippen LogP) is 2.14. The van der Waals surface area contributed by atoms with Gasteiger partial charge in [-0.3, -0.25) is 4.79 Å². The van der Waals surface area contributed by atoms with Gasteiger partial charge in [0.25, 0.3) is 0 Å². The second kappa shape index (κ2) is 3.57. The molecule has 80 valence electrons. The molecule has 0 aromatic heterocycles. The van der Waals surface area contributed by atoms with Gasteiger partial charge in [0.15, 0.2) is 0 Å². The Bertz CT molecular complexity index is 398. The van der Waals surface area contributed by atoms with Crippen molar-refractivity contribution in [3.8, 4) is 5.75 Å². The number of carboxylic acid groups (broad SMARTS) is 1. The number of aromatic hydroxyl groups is 1. The average Bonchev–Trinajstić information content (AvgIpc) is 2.18. The lowest BCUT2D eigenvalue weighted by Crippen LogP contribution is -2.24. The summed E-state index contributed by atoms with van der Waals surface area (Å²) in [6.07, 6.45) is 1.24. The highest BCUT2D eigenvalue weighted by molar-refractivity contribution is 5.71. The van der Waals surface area contributed by atoms with Crippen LogP contribution < -0.4 is 0 Å². The SMILES string of the molecule is CC1CC(C(=O)O)Cc2ccc(O)cc21. The molecule has 2 N–H and O–H groups in total. The molecule has 3 heteroatoms. The molecule has 0 saturated heterocycles. The number of phenols is 1. The zero-order chi connectivity index (χ0) is 11.0. The van der Waals surface area contributed by atoms with Crippen molar-refractivity contribution in [1.29, 1.82) is 0 Å². The fourth-order valence-corrected chi connectivity index (χ4v) is 2.32. The minimum atomic E-state index is -0.722. The van der Waals surface area contributed by atoms with Crippen molar-refractivity contribution in [3.63, 3.8) is 0 Å². The van der Waals surface area contributed by atoms with E-state index in [1.807, 2.05) is 13.0 Å². The number of phenolic OH excluding ortho intramolecular Hbond substituents is 1. The van der Waals surface area contributed by atoms with E-state index in [-0.39, 0.29) is 17.6 Å². The number of carbonyl (C=O) groups is 1. The van der Waals surface area contributed by atoms with Crippen LogP contribution in [-0.4, -0.2) is 16.2 Å². The molecule has 2 unspecified atom stereocenters. The van der Waals surface area contributed by atoms with Gasteiger partial charge in [-0.1, -0.05) is 13.0 Å². The first-order valence-corrected chi connectivity index (χ1v) is 5.12. The van der Waals surface area contributed by atoms with Crippen LogP contribution in [0.5, 0.6) is 5.75 Å². The molecule has 0 saturated carbocycles. The number of aliphatic carboxylic acids is 1. The maximum atomic E-state index is 10.9. The monoisotopic (exact) mass is 206 g/mol. The van der Waals surface area contributed by atoms with E-state index in [1.54, 1.807) is 12.1 Å². The molecular formula is C12H14O3. The van der Waals surface area contributed by atoms with Gasteiger partial charge in [0, 0.05) is 0 Å². The van der Waals surface area contributed by atoms with E-state index in [1.165, 1.54) is 0 Å². The van der Waals surface area contributed by atoms with Gasteiger partial charge in [-0.05, 0) is 42.0 Å². The highest BCUT2D eigenvalue weighted by atomic mass is 16.4. The summed E-state index contributed by atoms with van der Waals surface area (Å²) in [6, 6.07) is 5.20. The number of rotatable bonds is 1. The van der Waals surface area contributed by atoms with Crippen molar-refractivity contribution in [1.82, 2.24) is 0 Å². The van der Waals surface area contributed by atoms with Crippen molar-refractivity contribution in [2.24, 2.45) is 5.92 Å². The van der Waals surface area contributed by atoms with Crippen molar-refractivity contribution < 1.29 is 15.0 Å². The second-order valence-electron chi connectivity index (χ2n) is 4.26. The van der Waals surface area contributed by atoms with Crippen LogP contribution >= 0.6 is 0 Å². The van der Waals surface area contributed by atoms with Gasteiger partial charge in [0.2, 0.25) is 0 Å². The number of carboxylic acids is 1. The quantitative estimate of drug-likeness (QED) is 0.740. The van der Waals surface area contributed by atoms with Crippen molar-refractivity contribution >= 4 is 5.97 Å². The Kier molecular flexibility index (Phi) is 2.39. The maximum Gasteiger partial charge on any atom is 0.306 e. The van der Waals surface area contributed by atoms with Crippen LogP contribution in [0.3, 0.4) is 0 Å². The van der Waals surface area contributed by atoms with E-state index in [0.717, 1.165) is 11.1 Å². The molecule has 0 fully saturated rings. The maximum absolute atomic E-state index is 10.9. The minimum Gasteiger partial charge on any atom is -0.508 e. The van der Waals surface area contributed by atoms with Crippen LogP contribution in [0.15, 0.2) is 18.2 Å². The normalized spacial score (nSPS) is 24.6. The molecular weight excluding hydrogens is 192 g/mol. The minimum absolute atomic E-state index is 0.210. The number of hydrogen-bond donors (Lipinski definition) is 2. The lowest BCUT2D eigenvalue weighted by molar-refractivity contribution is -0.142. The van der Waals surface area contributed by atoms with Gasteiger partial charge in [0.05, 0.1) is 5.92 Å². The van der Waals surface area contributed by atoms with Crippen LogP contribution in [0.4, 0.5) is 0 Å². The smallest absolute Gasteiger partial charge is 0.306 e. The summed E-state index contributed by atoms with van der Waals surface area (Å²) < 4.78 is 0. The van der Waals surface area contributed by atoms with E-state index in [9.17, 15) is 9.90 Å². The third-order valence-electron chi connectivity index (χ3n) is 3.11. The third kappa shape index (κ3) is 1.82. The molecule has 1 aromatic carbocycles. The molecule has 3 nitrogen and oxygen atoms in total. The Hall–Kier alpha value is -1.51. The van der Waals surface area contributed by atoms with E-state index < -0.39 is 5.97 Å². The molecule has 0 aliphatic heterocycles. The van der Waals surface area contributed by atoms with Gasteiger partial charge >= 0.3 is 5.97 Å². The van der Waals surface area contributed by atoms with E-state index in [4.69, 9.17) is 5.11 Å². The van der Waals surface area contributed by atoms with Crippen LogP contribution in [0.25, 0.3) is 0 Å². The zero-order valence-electron chi connectivity index (χ0n) is 8.60. The van der Waals surface area contributed by atoms with Gasteiger partial charge in [0.1, 0.15) is 5.75 Å². The van der Waals surface area contributed by atoms with E-state index >= 15 is 0 Å². The summed E-state index contributed by atoms with van der Waals surface area (Å²) in [6.45, 7) is 2.01. The summed E-state index contributed by atoms with van der Waals surface area (Å²) >= 11 is 0. The molecule has 0 spiro atoms. The standard InChI is InChI=1S/C12H14O3/c1-7-4-9(12(14)15)5-8-2-3-10(13)6-11(7)8/h2-3,6-7,9,13H,4-5H2,1H3,(H,14,15). The second-order valence-corrected chi connectivity index (χ2v) is 4.26. The molecule has 2 atom stereocenters. The lowest BCUT2D eigenvalue weighted by Gasteiger charge is -2.27. The van der Waals surface area contributed by atoms with Gasteiger partial charge in [-0.25, -0.2) is 0 Å². The summed E-state index contributed by atoms with van der Waals surface area (Å²) in [7, 11) is 0. The van der Waals surface area contributed by atoms with Crippen molar-refractivity contribution in [2.45, 2.75) is 25.7 Å². The topological polar surface area (TPSA) is 57.5 Å². The highest BCUT2D eigenvalue weighted by Crippen LogP contribution is 2.36. The Morgan fingerprint density at radius 2 is 2.20 bits per heavy atom. The van der Waals surface area contributed by atoms with E-state index in [0.29, 0.717) is 12.8 Å². The Morgan fingerprint density at radius 3 is 2.87 bits per heavy atom. The number of benzene rings is 1. The number of hydrogen-bond acceptors (Lipinski definition) is 2. The molecule has 0 bridgehead atoms. The largest absolute Gasteiger partial charge is 0.508 e. The summed E-state index contributed by atoms with van der Waals surface area (Å²) in [4.78, 5) is 10.9.